The lowest BCUT2D eigenvalue weighted by Gasteiger charge is -2.32. The molecule has 3 N–H and O–H groups in total. The van der Waals surface area contributed by atoms with E-state index in [1.165, 1.54) is 0 Å². The van der Waals surface area contributed by atoms with Gasteiger partial charge >= 0.3 is 12.0 Å². The quantitative estimate of drug-likeness (QED) is 0.647. The van der Waals surface area contributed by atoms with Gasteiger partial charge in [0.05, 0.1) is 0 Å². The summed E-state index contributed by atoms with van der Waals surface area (Å²) < 4.78 is 0. The van der Waals surface area contributed by atoms with Crippen LogP contribution in [0, 0.1) is 5.92 Å². The number of piperidine rings is 1. The Morgan fingerprint density at radius 2 is 2.00 bits per heavy atom. The molecule has 1 fully saturated rings. The van der Waals surface area contributed by atoms with E-state index in [1.54, 1.807) is 6.92 Å². The molecule has 1 aromatic rings. The molecule has 3 amide bonds. The van der Waals surface area contributed by atoms with Gasteiger partial charge in [0.2, 0.25) is 5.91 Å². The molecule has 0 bridgehead atoms. The normalized spacial score (nSPS) is 17.8. The van der Waals surface area contributed by atoms with Crippen molar-refractivity contribution in [3.8, 4) is 0 Å². The summed E-state index contributed by atoms with van der Waals surface area (Å²) in [6.07, 6.45) is 2.90. The molecule has 1 aromatic carbocycles. The van der Waals surface area contributed by atoms with E-state index in [1.807, 2.05) is 35.2 Å². The van der Waals surface area contributed by atoms with Crippen LogP contribution in [0.2, 0.25) is 0 Å². The smallest absolute Gasteiger partial charge is 0.315 e. The Bertz CT molecular complexity index is 635. The Balaban J connectivity index is 1.83. The standard InChI is InChI=1S/C20H29N3O4/c1-15(24)23-11-5-8-17(14-23)13-21-20(27)22-18(9-10-19(25)26)12-16-6-3-2-4-7-16/h2-4,6-7,17-18H,5,8-14H2,1H3,(H,25,26)(H2,21,22,27). The fraction of sp³-hybridized carbons (Fsp3) is 0.550. The lowest BCUT2D eigenvalue weighted by molar-refractivity contribution is -0.137. The van der Waals surface area contributed by atoms with E-state index in [0.29, 0.717) is 25.9 Å². The van der Waals surface area contributed by atoms with Gasteiger partial charge in [-0.2, -0.15) is 0 Å². The number of likely N-dealkylation sites (tertiary alicyclic amines) is 1. The molecule has 2 rings (SSSR count). The number of rotatable bonds is 8. The number of aliphatic carboxylic acids is 1. The Kier molecular flexibility index (Phi) is 8.10. The summed E-state index contributed by atoms with van der Waals surface area (Å²) in [5, 5.41) is 14.7. The minimum Gasteiger partial charge on any atom is -0.481 e. The average Bonchev–Trinajstić information content (AvgIpc) is 2.65. The highest BCUT2D eigenvalue weighted by molar-refractivity contribution is 5.74. The fourth-order valence-corrected chi connectivity index (χ4v) is 3.41. The number of carbonyl (C=O) groups is 3. The third kappa shape index (κ3) is 7.68. The van der Waals surface area contributed by atoms with Gasteiger partial charge in [-0.25, -0.2) is 4.79 Å². The fourth-order valence-electron chi connectivity index (χ4n) is 3.41. The SMILES string of the molecule is CC(=O)N1CCCC(CNC(=O)NC(CCC(=O)O)Cc2ccccc2)C1. The molecule has 1 aliphatic rings. The lowest BCUT2D eigenvalue weighted by Crippen LogP contribution is -2.47. The summed E-state index contributed by atoms with van der Waals surface area (Å²) in [5.74, 6) is -0.553. The predicted molar refractivity (Wildman–Crippen MR) is 102 cm³/mol. The van der Waals surface area contributed by atoms with Gasteiger partial charge in [0.25, 0.3) is 0 Å². The van der Waals surface area contributed by atoms with Crippen LogP contribution in [0.25, 0.3) is 0 Å². The van der Waals surface area contributed by atoms with Crippen LogP contribution in [-0.2, 0) is 16.0 Å². The van der Waals surface area contributed by atoms with Gasteiger partial charge in [-0.15, -0.1) is 0 Å². The number of hydrogen-bond donors (Lipinski definition) is 3. The first kappa shape index (κ1) is 20.7. The second-order valence-electron chi connectivity index (χ2n) is 7.15. The van der Waals surface area contributed by atoms with Gasteiger partial charge in [0.1, 0.15) is 0 Å². The monoisotopic (exact) mass is 375 g/mol. The van der Waals surface area contributed by atoms with Crippen LogP contribution in [0.5, 0.6) is 0 Å². The summed E-state index contributed by atoms with van der Waals surface area (Å²) in [6, 6.07) is 9.16. The highest BCUT2D eigenvalue weighted by Gasteiger charge is 2.22. The molecular weight excluding hydrogens is 346 g/mol. The number of urea groups is 1. The van der Waals surface area contributed by atoms with E-state index in [-0.39, 0.29) is 30.3 Å². The minimum atomic E-state index is -0.873. The molecule has 0 aromatic heterocycles. The lowest BCUT2D eigenvalue weighted by atomic mass is 9.98. The zero-order valence-electron chi connectivity index (χ0n) is 15.8. The maximum atomic E-state index is 12.3. The van der Waals surface area contributed by atoms with Gasteiger partial charge in [-0.05, 0) is 37.2 Å². The van der Waals surface area contributed by atoms with E-state index in [2.05, 4.69) is 10.6 Å². The highest BCUT2D eigenvalue weighted by atomic mass is 16.4. The van der Waals surface area contributed by atoms with Crippen LogP contribution >= 0.6 is 0 Å². The van der Waals surface area contributed by atoms with Gasteiger partial charge in [-0.3, -0.25) is 9.59 Å². The second-order valence-corrected chi connectivity index (χ2v) is 7.15. The predicted octanol–water partition coefficient (Wildman–Crippen LogP) is 2.02. The van der Waals surface area contributed by atoms with Gasteiger partial charge in [-0.1, -0.05) is 30.3 Å². The number of amides is 3. The van der Waals surface area contributed by atoms with Crippen LogP contribution in [0.15, 0.2) is 30.3 Å². The Morgan fingerprint density at radius 1 is 1.26 bits per heavy atom. The van der Waals surface area contributed by atoms with Crippen LogP contribution in [0.3, 0.4) is 0 Å². The second kappa shape index (κ2) is 10.5. The minimum absolute atomic E-state index is 0.00791. The van der Waals surface area contributed by atoms with E-state index in [9.17, 15) is 14.4 Å². The van der Waals surface area contributed by atoms with Crippen LogP contribution < -0.4 is 10.6 Å². The van der Waals surface area contributed by atoms with Crippen LogP contribution in [0.4, 0.5) is 4.79 Å². The molecule has 27 heavy (non-hydrogen) atoms. The Labute approximate surface area is 160 Å². The van der Waals surface area contributed by atoms with Crippen molar-refractivity contribution in [1.82, 2.24) is 15.5 Å². The van der Waals surface area contributed by atoms with Crippen LogP contribution in [0.1, 0.15) is 38.2 Å². The first-order valence-electron chi connectivity index (χ1n) is 9.49. The van der Waals surface area contributed by atoms with E-state index < -0.39 is 5.97 Å². The largest absolute Gasteiger partial charge is 0.481 e. The summed E-state index contributed by atoms with van der Waals surface area (Å²) in [5.41, 5.74) is 1.05. The molecule has 1 saturated heterocycles. The van der Waals surface area contributed by atoms with Crippen molar-refractivity contribution in [2.75, 3.05) is 19.6 Å². The van der Waals surface area contributed by atoms with Gasteiger partial charge in [0.15, 0.2) is 0 Å². The summed E-state index contributed by atoms with van der Waals surface area (Å²) >= 11 is 0. The van der Waals surface area contributed by atoms with Crippen molar-refractivity contribution >= 4 is 17.9 Å². The molecule has 0 saturated carbocycles. The molecule has 1 heterocycles. The van der Waals surface area contributed by atoms with Crippen molar-refractivity contribution in [3.63, 3.8) is 0 Å². The maximum absolute atomic E-state index is 12.3. The Morgan fingerprint density at radius 3 is 2.67 bits per heavy atom. The van der Waals surface area contributed by atoms with E-state index in [0.717, 1.165) is 24.9 Å². The van der Waals surface area contributed by atoms with Crippen molar-refractivity contribution in [2.24, 2.45) is 5.92 Å². The van der Waals surface area contributed by atoms with E-state index in [4.69, 9.17) is 5.11 Å². The zero-order chi connectivity index (χ0) is 19.6. The topological polar surface area (TPSA) is 98.7 Å². The summed E-state index contributed by atoms with van der Waals surface area (Å²) in [6.45, 7) is 3.53. The summed E-state index contributed by atoms with van der Waals surface area (Å²) in [7, 11) is 0. The average molecular weight is 375 g/mol. The molecule has 1 aliphatic heterocycles. The molecule has 2 unspecified atom stereocenters. The zero-order valence-corrected chi connectivity index (χ0v) is 15.8. The molecule has 148 valence electrons. The molecular formula is C20H29N3O4. The number of carboxylic acids is 1. The molecule has 0 spiro atoms. The van der Waals surface area contributed by atoms with Crippen molar-refractivity contribution in [1.29, 1.82) is 0 Å². The number of carboxylic acid groups (broad SMARTS) is 1. The van der Waals surface area contributed by atoms with E-state index >= 15 is 0 Å². The maximum Gasteiger partial charge on any atom is 0.315 e. The number of nitrogens with one attached hydrogen (secondary N) is 2. The third-order valence-corrected chi connectivity index (χ3v) is 4.88. The number of nitrogens with zero attached hydrogens (tertiary/aromatic N) is 1. The van der Waals surface area contributed by atoms with Crippen molar-refractivity contribution < 1.29 is 19.5 Å². The van der Waals surface area contributed by atoms with Gasteiger partial charge in [0, 0.05) is 39.0 Å². The first-order valence-corrected chi connectivity index (χ1v) is 9.49. The number of carbonyl (C=O) groups excluding carboxylic acids is 2. The molecule has 0 aliphatic carbocycles. The van der Waals surface area contributed by atoms with Gasteiger partial charge < -0.3 is 20.6 Å². The highest BCUT2D eigenvalue weighted by Crippen LogP contribution is 2.15. The number of hydrogen-bond acceptors (Lipinski definition) is 3. The number of benzene rings is 1. The van der Waals surface area contributed by atoms with Crippen molar-refractivity contribution in [3.05, 3.63) is 35.9 Å². The Hall–Kier alpha value is -2.57. The van der Waals surface area contributed by atoms with Crippen molar-refractivity contribution in [2.45, 2.75) is 45.1 Å². The van der Waals surface area contributed by atoms with Crippen LogP contribution in [-0.4, -0.2) is 53.6 Å². The summed E-state index contributed by atoms with van der Waals surface area (Å²) in [4.78, 5) is 36.5. The third-order valence-electron chi connectivity index (χ3n) is 4.88. The molecule has 7 nitrogen and oxygen atoms in total. The molecule has 0 radical (unpaired) electrons. The molecule has 7 heteroatoms. The molecule has 2 atom stereocenters. The first-order chi connectivity index (χ1) is 12.9.